The van der Waals surface area contributed by atoms with Crippen molar-refractivity contribution in [1.82, 2.24) is 14.7 Å². The molecule has 2 fully saturated rings. The van der Waals surface area contributed by atoms with Crippen LogP contribution >= 0.6 is 11.3 Å². The number of nitrogens with zero attached hydrogens (tertiary/aromatic N) is 3. The van der Waals surface area contributed by atoms with Crippen molar-refractivity contribution in [3.05, 3.63) is 22.4 Å². The summed E-state index contributed by atoms with van der Waals surface area (Å²) < 4.78 is 0. The lowest BCUT2D eigenvalue weighted by molar-refractivity contribution is -0.136. The lowest BCUT2D eigenvalue weighted by Crippen LogP contribution is -2.55. The predicted molar refractivity (Wildman–Crippen MR) is 95.2 cm³/mol. The third-order valence-corrected chi connectivity index (χ3v) is 5.79. The highest BCUT2D eigenvalue weighted by atomic mass is 32.1. The van der Waals surface area contributed by atoms with Crippen LogP contribution in [-0.4, -0.2) is 77.7 Å². The minimum Gasteiger partial charge on any atom is -0.368 e. The fourth-order valence-electron chi connectivity index (χ4n) is 3.49. The van der Waals surface area contributed by atoms with E-state index in [-0.39, 0.29) is 30.3 Å². The topological polar surface area (TPSA) is 86.9 Å². The number of hydrogen-bond acceptors (Lipinski definition) is 5. The molecule has 3 amide bonds. The number of rotatable bonds is 4. The molecule has 2 aliphatic heterocycles. The first-order valence-corrected chi connectivity index (χ1v) is 9.58. The highest BCUT2D eigenvalue weighted by Gasteiger charge is 2.31. The van der Waals surface area contributed by atoms with Gasteiger partial charge in [-0.2, -0.15) is 0 Å². The van der Waals surface area contributed by atoms with Crippen molar-refractivity contribution in [3.8, 4) is 0 Å². The first kappa shape index (κ1) is 17.9. The van der Waals surface area contributed by atoms with Gasteiger partial charge < -0.3 is 15.5 Å². The van der Waals surface area contributed by atoms with E-state index in [1.54, 1.807) is 9.80 Å². The number of piperazine rings is 1. The van der Waals surface area contributed by atoms with Crippen LogP contribution in [0.3, 0.4) is 0 Å². The Balaban J connectivity index is 1.51. The van der Waals surface area contributed by atoms with Crippen LogP contribution in [0.1, 0.15) is 28.9 Å². The Kier molecular flexibility index (Phi) is 5.70. The van der Waals surface area contributed by atoms with E-state index in [9.17, 15) is 14.4 Å². The van der Waals surface area contributed by atoms with Crippen LogP contribution in [0.15, 0.2) is 17.5 Å². The van der Waals surface area contributed by atoms with E-state index in [1.165, 1.54) is 11.3 Å². The van der Waals surface area contributed by atoms with Crippen molar-refractivity contribution >= 4 is 29.1 Å². The summed E-state index contributed by atoms with van der Waals surface area (Å²) >= 11 is 1.44. The Morgan fingerprint density at radius 3 is 2.44 bits per heavy atom. The number of likely N-dealkylation sites (tertiary alicyclic amines) is 1. The lowest BCUT2D eigenvalue weighted by atomic mass is 10.0. The quantitative estimate of drug-likeness (QED) is 0.836. The maximum absolute atomic E-state index is 12.6. The molecule has 0 spiro atoms. The van der Waals surface area contributed by atoms with Gasteiger partial charge in [-0.3, -0.25) is 19.3 Å². The van der Waals surface area contributed by atoms with Gasteiger partial charge in [0.2, 0.25) is 11.8 Å². The molecule has 8 heteroatoms. The highest BCUT2D eigenvalue weighted by Crippen LogP contribution is 2.18. The van der Waals surface area contributed by atoms with E-state index in [0.717, 1.165) is 30.7 Å². The van der Waals surface area contributed by atoms with E-state index in [0.29, 0.717) is 26.2 Å². The number of hydrogen-bond donors (Lipinski definition) is 1. The molecular formula is C17H24N4O3S. The molecule has 1 aromatic heterocycles. The maximum Gasteiger partial charge on any atom is 0.264 e. The largest absolute Gasteiger partial charge is 0.368 e. The van der Waals surface area contributed by atoms with E-state index in [4.69, 9.17) is 5.73 Å². The molecule has 0 bridgehead atoms. The molecule has 25 heavy (non-hydrogen) atoms. The summed E-state index contributed by atoms with van der Waals surface area (Å²) in [7, 11) is 0. The molecule has 0 saturated carbocycles. The van der Waals surface area contributed by atoms with Gasteiger partial charge in [-0.25, -0.2) is 0 Å². The predicted octanol–water partition coefficient (Wildman–Crippen LogP) is 0.372. The minimum atomic E-state index is -0.348. The first-order chi connectivity index (χ1) is 12.1. The second-order valence-electron chi connectivity index (χ2n) is 6.53. The zero-order valence-electron chi connectivity index (χ0n) is 14.2. The standard InChI is InChI=1S/C17H24N4O3S/c18-16(23)13-4-1-2-6-21(13)12-15(22)19-7-9-20(10-8-19)17(24)14-5-3-11-25-14/h3,5,11,13H,1-2,4,6-10,12H2,(H2,18,23). The number of thiophene rings is 1. The zero-order valence-corrected chi connectivity index (χ0v) is 15.0. The summed E-state index contributed by atoms with van der Waals surface area (Å²) in [6.45, 7) is 3.11. The highest BCUT2D eigenvalue weighted by molar-refractivity contribution is 7.12. The van der Waals surface area contributed by atoms with Gasteiger partial charge in [0.25, 0.3) is 5.91 Å². The molecule has 1 unspecified atom stereocenters. The fraction of sp³-hybridized carbons (Fsp3) is 0.588. The zero-order chi connectivity index (χ0) is 17.8. The summed E-state index contributed by atoms with van der Waals surface area (Å²) in [6, 6.07) is 3.36. The summed E-state index contributed by atoms with van der Waals surface area (Å²) in [6.07, 6.45) is 2.69. The Morgan fingerprint density at radius 2 is 1.80 bits per heavy atom. The maximum atomic E-state index is 12.6. The van der Waals surface area contributed by atoms with Crippen molar-refractivity contribution in [3.63, 3.8) is 0 Å². The average molecular weight is 364 g/mol. The van der Waals surface area contributed by atoms with Crippen LogP contribution < -0.4 is 5.73 Å². The van der Waals surface area contributed by atoms with Crippen LogP contribution in [0.5, 0.6) is 0 Å². The molecule has 7 nitrogen and oxygen atoms in total. The van der Waals surface area contributed by atoms with Crippen molar-refractivity contribution < 1.29 is 14.4 Å². The van der Waals surface area contributed by atoms with Crippen LogP contribution in [-0.2, 0) is 9.59 Å². The van der Waals surface area contributed by atoms with E-state index in [2.05, 4.69) is 0 Å². The van der Waals surface area contributed by atoms with Crippen LogP contribution in [0, 0.1) is 0 Å². The van der Waals surface area contributed by atoms with Gasteiger partial charge in [0, 0.05) is 26.2 Å². The molecular weight excluding hydrogens is 340 g/mol. The molecule has 3 heterocycles. The van der Waals surface area contributed by atoms with E-state index < -0.39 is 0 Å². The molecule has 1 aromatic rings. The monoisotopic (exact) mass is 364 g/mol. The third kappa shape index (κ3) is 4.19. The lowest BCUT2D eigenvalue weighted by Gasteiger charge is -2.38. The summed E-state index contributed by atoms with van der Waals surface area (Å²) in [4.78, 5) is 42.7. The molecule has 0 aliphatic carbocycles. The number of piperidine rings is 1. The normalized spacial score (nSPS) is 22.0. The Morgan fingerprint density at radius 1 is 1.08 bits per heavy atom. The molecule has 136 valence electrons. The average Bonchev–Trinajstić information content (AvgIpc) is 3.16. The Hall–Kier alpha value is -1.93. The van der Waals surface area contributed by atoms with Crippen LogP contribution in [0.4, 0.5) is 0 Å². The molecule has 3 rings (SSSR count). The van der Waals surface area contributed by atoms with Crippen molar-refractivity contribution in [1.29, 1.82) is 0 Å². The molecule has 2 saturated heterocycles. The molecule has 1 atom stereocenters. The van der Waals surface area contributed by atoms with E-state index in [1.807, 2.05) is 22.4 Å². The van der Waals surface area contributed by atoms with E-state index >= 15 is 0 Å². The smallest absolute Gasteiger partial charge is 0.264 e. The molecule has 0 aromatic carbocycles. The minimum absolute atomic E-state index is 0.0105. The van der Waals surface area contributed by atoms with Crippen LogP contribution in [0.25, 0.3) is 0 Å². The number of carbonyl (C=O) groups is 3. The van der Waals surface area contributed by atoms with Gasteiger partial charge in [-0.1, -0.05) is 12.5 Å². The summed E-state index contributed by atoms with van der Waals surface area (Å²) in [5.41, 5.74) is 5.46. The van der Waals surface area contributed by atoms with Gasteiger partial charge in [0.1, 0.15) is 0 Å². The summed E-state index contributed by atoms with van der Waals surface area (Å²) in [5.74, 6) is -0.304. The van der Waals surface area contributed by atoms with Gasteiger partial charge in [-0.05, 0) is 30.8 Å². The number of primary amides is 1. The second-order valence-corrected chi connectivity index (χ2v) is 7.48. The second kappa shape index (κ2) is 7.97. The number of amides is 3. The van der Waals surface area contributed by atoms with Crippen molar-refractivity contribution in [2.45, 2.75) is 25.3 Å². The summed E-state index contributed by atoms with van der Waals surface area (Å²) in [5, 5.41) is 1.89. The van der Waals surface area contributed by atoms with Gasteiger partial charge in [-0.15, -0.1) is 11.3 Å². The van der Waals surface area contributed by atoms with Crippen molar-refractivity contribution in [2.24, 2.45) is 5.73 Å². The Labute approximate surface area is 151 Å². The molecule has 2 aliphatic rings. The van der Waals surface area contributed by atoms with Gasteiger partial charge in [0.05, 0.1) is 17.5 Å². The molecule has 0 radical (unpaired) electrons. The number of nitrogens with two attached hydrogens (primary N) is 1. The first-order valence-electron chi connectivity index (χ1n) is 8.70. The SMILES string of the molecule is NC(=O)C1CCCCN1CC(=O)N1CCN(C(=O)c2cccs2)CC1. The molecule has 2 N–H and O–H groups in total. The number of carbonyl (C=O) groups excluding carboxylic acids is 3. The van der Waals surface area contributed by atoms with Crippen LogP contribution in [0.2, 0.25) is 0 Å². The van der Waals surface area contributed by atoms with Gasteiger partial charge >= 0.3 is 0 Å². The van der Waals surface area contributed by atoms with Crippen molar-refractivity contribution in [2.75, 3.05) is 39.3 Å². The third-order valence-electron chi connectivity index (χ3n) is 4.93. The Bertz CT molecular complexity index is 626. The fourth-order valence-corrected chi connectivity index (χ4v) is 4.18. The van der Waals surface area contributed by atoms with Gasteiger partial charge in [0.15, 0.2) is 0 Å².